The molecule has 2 fully saturated rings. The summed E-state index contributed by atoms with van der Waals surface area (Å²) >= 11 is 6.26. The number of aryl methyl sites for hydroxylation is 2. The Labute approximate surface area is 192 Å². The van der Waals surface area contributed by atoms with E-state index in [1.807, 2.05) is 6.20 Å². The van der Waals surface area contributed by atoms with Gasteiger partial charge in [-0.25, -0.2) is 9.97 Å². The molecule has 1 unspecified atom stereocenters. The smallest absolute Gasteiger partial charge is 0.227 e. The molecule has 0 spiro atoms. The average Bonchev–Trinajstić information content (AvgIpc) is 3.30. The van der Waals surface area contributed by atoms with Crippen LogP contribution in [0.15, 0.2) is 24.5 Å². The Kier molecular flexibility index (Phi) is 5.57. The van der Waals surface area contributed by atoms with Gasteiger partial charge in [-0.15, -0.1) is 0 Å². The summed E-state index contributed by atoms with van der Waals surface area (Å²) in [5.41, 5.74) is 3.93. The minimum absolute atomic E-state index is 0.273. The first-order valence-corrected chi connectivity index (χ1v) is 11.5. The van der Waals surface area contributed by atoms with Gasteiger partial charge in [0.25, 0.3) is 0 Å². The third kappa shape index (κ3) is 3.75. The van der Waals surface area contributed by atoms with E-state index < -0.39 is 6.10 Å². The van der Waals surface area contributed by atoms with Gasteiger partial charge in [0.05, 0.1) is 42.3 Å². The largest absolute Gasteiger partial charge is 0.389 e. The Hall–Kier alpha value is -2.26. The number of rotatable bonds is 4. The highest BCUT2D eigenvalue weighted by Crippen LogP contribution is 2.36. The van der Waals surface area contributed by atoms with Gasteiger partial charge in [0.1, 0.15) is 5.15 Å². The van der Waals surface area contributed by atoms with E-state index in [-0.39, 0.29) is 5.54 Å². The van der Waals surface area contributed by atoms with E-state index in [9.17, 15) is 5.11 Å². The van der Waals surface area contributed by atoms with Gasteiger partial charge < -0.3 is 15.2 Å². The van der Waals surface area contributed by atoms with E-state index in [4.69, 9.17) is 21.3 Å². The van der Waals surface area contributed by atoms with Crippen LogP contribution in [0.25, 0.3) is 10.9 Å². The molecule has 9 heteroatoms. The van der Waals surface area contributed by atoms with Crippen LogP contribution in [0.3, 0.4) is 0 Å². The van der Waals surface area contributed by atoms with Crippen molar-refractivity contribution in [3.05, 3.63) is 40.8 Å². The molecule has 2 aromatic heterocycles. The number of hydrogen-bond acceptors (Lipinski definition) is 7. The molecule has 0 amide bonds. The average molecular weight is 457 g/mol. The summed E-state index contributed by atoms with van der Waals surface area (Å²) in [5.74, 6) is 0.970. The van der Waals surface area contributed by atoms with Gasteiger partial charge in [-0.2, -0.15) is 5.10 Å². The maximum absolute atomic E-state index is 10.4. The number of nitrogens with zero attached hydrogens (tertiary/aromatic N) is 5. The molecule has 170 valence electrons. The maximum atomic E-state index is 10.4. The number of likely N-dealkylation sites (tertiary alicyclic amines) is 1. The Balaban J connectivity index is 1.36. The molecule has 2 N–H and O–H groups in total. The fraction of sp³-hybridized carbons (Fsp3) is 0.522. The minimum atomic E-state index is -0.419. The molecular weight excluding hydrogens is 428 g/mol. The van der Waals surface area contributed by atoms with Gasteiger partial charge in [-0.3, -0.25) is 9.58 Å². The standard InChI is InChI=1S/C23H29ClN6O2/c1-14-8-16-10-25-22(28-19-11-26-29(3)21(19)24)27-18(16)9-17(14)15-4-6-30(7-5-15)23(2)13-32-12-20(23)31/h8-11,15,20,31H,4-7,12-13H2,1-3H3,(H,25,27,28)/t20?,23-/m1/s1. The van der Waals surface area contributed by atoms with Crippen molar-refractivity contribution in [2.45, 2.75) is 44.2 Å². The number of aliphatic hydroxyl groups is 1. The van der Waals surface area contributed by atoms with Crippen LogP contribution < -0.4 is 5.32 Å². The lowest BCUT2D eigenvalue weighted by Gasteiger charge is -2.43. The van der Waals surface area contributed by atoms with Gasteiger partial charge >= 0.3 is 0 Å². The van der Waals surface area contributed by atoms with E-state index >= 15 is 0 Å². The van der Waals surface area contributed by atoms with E-state index in [1.165, 1.54) is 11.1 Å². The second kappa shape index (κ2) is 8.26. The monoisotopic (exact) mass is 456 g/mol. The molecule has 0 saturated carbocycles. The van der Waals surface area contributed by atoms with Crippen LogP contribution in [0.1, 0.15) is 36.8 Å². The molecule has 0 aliphatic carbocycles. The number of anilines is 2. The third-order valence-corrected chi connectivity index (χ3v) is 7.57. The lowest BCUT2D eigenvalue weighted by atomic mass is 9.84. The van der Waals surface area contributed by atoms with Gasteiger partial charge in [0.15, 0.2) is 0 Å². The third-order valence-electron chi connectivity index (χ3n) is 7.13. The second-order valence-corrected chi connectivity index (χ2v) is 9.57. The Morgan fingerprint density at radius 2 is 2.03 bits per heavy atom. The summed E-state index contributed by atoms with van der Waals surface area (Å²) in [7, 11) is 1.79. The number of aliphatic hydroxyl groups excluding tert-OH is 1. The number of halogens is 1. The molecule has 3 aromatic rings. The van der Waals surface area contributed by atoms with E-state index in [0.717, 1.165) is 36.8 Å². The summed E-state index contributed by atoms with van der Waals surface area (Å²) in [4.78, 5) is 11.6. The lowest BCUT2D eigenvalue weighted by Crippen LogP contribution is -2.56. The van der Waals surface area contributed by atoms with Crippen LogP contribution in [-0.2, 0) is 11.8 Å². The zero-order valence-electron chi connectivity index (χ0n) is 18.7. The number of hydrogen-bond donors (Lipinski definition) is 2. The highest BCUT2D eigenvalue weighted by atomic mass is 35.5. The fourth-order valence-corrected chi connectivity index (χ4v) is 5.13. The van der Waals surface area contributed by atoms with Crippen LogP contribution in [0.4, 0.5) is 11.6 Å². The fourth-order valence-electron chi connectivity index (χ4n) is 4.99. The topological polar surface area (TPSA) is 88.3 Å². The van der Waals surface area contributed by atoms with Crippen molar-refractivity contribution in [1.29, 1.82) is 0 Å². The highest BCUT2D eigenvalue weighted by Gasteiger charge is 2.44. The molecule has 1 aromatic carbocycles. The Bertz CT molecular complexity index is 1140. The molecule has 8 nitrogen and oxygen atoms in total. The van der Waals surface area contributed by atoms with Crippen molar-refractivity contribution in [1.82, 2.24) is 24.6 Å². The molecule has 5 rings (SSSR count). The molecule has 4 heterocycles. The lowest BCUT2D eigenvalue weighted by molar-refractivity contribution is -0.00214. The molecular formula is C23H29ClN6O2. The van der Waals surface area contributed by atoms with Crippen molar-refractivity contribution in [2.75, 3.05) is 31.6 Å². The van der Waals surface area contributed by atoms with Crippen molar-refractivity contribution in [3.63, 3.8) is 0 Å². The van der Waals surface area contributed by atoms with Crippen LogP contribution in [-0.4, -0.2) is 67.7 Å². The normalized spacial score (nSPS) is 25.0. The number of aromatic nitrogens is 4. The van der Waals surface area contributed by atoms with Crippen LogP contribution in [0, 0.1) is 6.92 Å². The first-order chi connectivity index (χ1) is 15.3. The summed E-state index contributed by atoms with van der Waals surface area (Å²) in [5, 5.41) is 19.2. The van der Waals surface area contributed by atoms with Crippen molar-refractivity contribution < 1.29 is 9.84 Å². The molecule has 2 aliphatic heterocycles. The van der Waals surface area contributed by atoms with Gasteiger partial charge in [0, 0.05) is 18.6 Å². The zero-order valence-corrected chi connectivity index (χ0v) is 19.4. The SMILES string of the molecule is Cc1cc2cnc(Nc3cnn(C)c3Cl)nc2cc1C1CCN([C@]2(C)COCC2O)CC1. The summed E-state index contributed by atoms with van der Waals surface area (Å²) < 4.78 is 7.13. The predicted octanol–water partition coefficient (Wildman–Crippen LogP) is 3.40. The summed E-state index contributed by atoms with van der Waals surface area (Å²) in [6.45, 7) is 7.22. The zero-order chi connectivity index (χ0) is 22.5. The van der Waals surface area contributed by atoms with E-state index in [0.29, 0.717) is 35.9 Å². The molecule has 2 aliphatic rings. The van der Waals surface area contributed by atoms with Crippen molar-refractivity contribution >= 4 is 34.1 Å². The van der Waals surface area contributed by atoms with Gasteiger partial charge in [-0.05, 0) is 69.0 Å². The van der Waals surface area contributed by atoms with Crippen molar-refractivity contribution in [3.8, 4) is 0 Å². The Morgan fingerprint density at radius 1 is 1.25 bits per heavy atom. The first kappa shape index (κ1) is 21.6. The van der Waals surface area contributed by atoms with E-state index in [1.54, 1.807) is 17.9 Å². The van der Waals surface area contributed by atoms with Crippen molar-refractivity contribution in [2.24, 2.45) is 7.05 Å². The number of ether oxygens (including phenoxy) is 1. The number of fused-ring (bicyclic) bond motifs is 1. The number of piperidine rings is 1. The molecule has 2 atom stereocenters. The molecule has 0 radical (unpaired) electrons. The molecule has 2 saturated heterocycles. The van der Waals surface area contributed by atoms with Crippen LogP contribution >= 0.6 is 11.6 Å². The van der Waals surface area contributed by atoms with Crippen LogP contribution in [0.2, 0.25) is 5.15 Å². The predicted molar refractivity (Wildman–Crippen MR) is 125 cm³/mol. The molecule has 0 bridgehead atoms. The number of benzene rings is 1. The number of nitrogens with one attached hydrogen (secondary N) is 1. The molecule has 32 heavy (non-hydrogen) atoms. The van der Waals surface area contributed by atoms with E-state index in [2.05, 4.69) is 46.3 Å². The van der Waals surface area contributed by atoms with Gasteiger partial charge in [-0.1, -0.05) is 11.6 Å². The quantitative estimate of drug-likeness (QED) is 0.622. The summed E-state index contributed by atoms with van der Waals surface area (Å²) in [6.07, 6.45) is 5.19. The maximum Gasteiger partial charge on any atom is 0.227 e. The second-order valence-electron chi connectivity index (χ2n) is 9.21. The summed E-state index contributed by atoms with van der Waals surface area (Å²) in [6, 6.07) is 4.38. The highest BCUT2D eigenvalue weighted by molar-refractivity contribution is 6.32. The van der Waals surface area contributed by atoms with Gasteiger partial charge in [0.2, 0.25) is 5.95 Å². The minimum Gasteiger partial charge on any atom is -0.389 e. The van der Waals surface area contributed by atoms with Crippen LogP contribution in [0.5, 0.6) is 0 Å². The Morgan fingerprint density at radius 3 is 2.69 bits per heavy atom. The first-order valence-electron chi connectivity index (χ1n) is 11.1.